The number of Topliss-reactive ketones (excluding diaryl/α,β-unsaturated/α-hetero) is 1. The van der Waals surface area contributed by atoms with E-state index in [1.54, 1.807) is 12.1 Å². The minimum Gasteiger partial charge on any atom is -0.478 e. The Morgan fingerprint density at radius 1 is 1.17 bits per heavy atom. The summed E-state index contributed by atoms with van der Waals surface area (Å²) in [5.74, 6) is -4.26. The lowest BCUT2D eigenvalue weighted by Crippen LogP contribution is -2.08. The standard InChI is InChI=1S/C21H12ClF2NO4S/c1-9-2-4-11(19(24)18(9)23)12-8-30-16(17(12)21(27)28)7-14(26)20-25-13-6-10(22)3-5-15(13)29-20/h2-6,8H,7H2,1H3,(H,27,28). The quantitative estimate of drug-likeness (QED) is 0.384. The van der Waals surface area contributed by atoms with Gasteiger partial charge in [-0.1, -0.05) is 23.7 Å². The number of carbonyl (C=O) groups is 2. The maximum absolute atomic E-state index is 14.4. The minimum absolute atomic E-state index is 0.0102. The van der Waals surface area contributed by atoms with Gasteiger partial charge in [-0.25, -0.2) is 18.6 Å². The summed E-state index contributed by atoms with van der Waals surface area (Å²) in [6.07, 6.45) is -0.317. The van der Waals surface area contributed by atoms with Gasteiger partial charge in [0.25, 0.3) is 5.89 Å². The monoisotopic (exact) mass is 447 g/mol. The third kappa shape index (κ3) is 3.48. The zero-order chi connectivity index (χ0) is 21.6. The summed E-state index contributed by atoms with van der Waals surface area (Å²) < 4.78 is 33.8. The molecule has 2 aromatic carbocycles. The number of ketones is 1. The second-order valence-corrected chi connectivity index (χ2v) is 7.94. The molecule has 0 aliphatic heterocycles. The van der Waals surface area contributed by atoms with Crippen molar-refractivity contribution in [1.82, 2.24) is 4.98 Å². The number of aromatic carboxylic acids is 1. The van der Waals surface area contributed by atoms with Crippen molar-refractivity contribution in [3.05, 3.63) is 74.3 Å². The lowest BCUT2D eigenvalue weighted by Gasteiger charge is -2.07. The zero-order valence-corrected chi connectivity index (χ0v) is 16.9. The van der Waals surface area contributed by atoms with Crippen LogP contribution in [0.25, 0.3) is 22.2 Å². The molecule has 1 N–H and O–H groups in total. The number of carboxylic acid groups (broad SMARTS) is 1. The highest BCUT2D eigenvalue weighted by Crippen LogP contribution is 2.35. The number of carbonyl (C=O) groups excluding carboxylic acids is 1. The van der Waals surface area contributed by atoms with Gasteiger partial charge in [0, 0.05) is 21.0 Å². The molecule has 0 aliphatic rings. The molecule has 9 heteroatoms. The van der Waals surface area contributed by atoms with Crippen LogP contribution in [0.2, 0.25) is 5.02 Å². The predicted octanol–water partition coefficient (Wildman–Crippen LogP) is 5.92. The molecule has 2 heterocycles. The van der Waals surface area contributed by atoms with Crippen molar-refractivity contribution in [3.8, 4) is 11.1 Å². The summed E-state index contributed by atoms with van der Waals surface area (Å²) >= 11 is 6.87. The number of aromatic nitrogens is 1. The van der Waals surface area contributed by atoms with Gasteiger partial charge >= 0.3 is 5.97 Å². The maximum atomic E-state index is 14.4. The summed E-state index contributed by atoms with van der Waals surface area (Å²) in [6.45, 7) is 1.41. The maximum Gasteiger partial charge on any atom is 0.337 e. The fourth-order valence-electron chi connectivity index (χ4n) is 3.06. The molecule has 0 amide bonds. The molecule has 30 heavy (non-hydrogen) atoms. The SMILES string of the molecule is Cc1ccc(-c2csc(CC(=O)c3nc4cc(Cl)ccc4o3)c2C(=O)O)c(F)c1F. The minimum atomic E-state index is -1.35. The van der Waals surface area contributed by atoms with Crippen LogP contribution in [0.15, 0.2) is 40.1 Å². The summed E-state index contributed by atoms with van der Waals surface area (Å²) in [7, 11) is 0. The molecule has 0 spiro atoms. The fourth-order valence-corrected chi connectivity index (χ4v) is 4.26. The topological polar surface area (TPSA) is 80.4 Å². The highest BCUT2D eigenvalue weighted by Gasteiger charge is 2.26. The highest BCUT2D eigenvalue weighted by atomic mass is 35.5. The van der Waals surface area contributed by atoms with Gasteiger partial charge in [0.15, 0.2) is 17.2 Å². The Morgan fingerprint density at radius 2 is 1.93 bits per heavy atom. The van der Waals surface area contributed by atoms with Gasteiger partial charge in [-0.3, -0.25) is 4.79 Å². The Morgan fingerprint density at radius 3 is 2.67 bits per heavy atom. The van der Waals surface area contributed by atoms with Crippen LogP contribution in [0.3, 0.4) is 0 Å². The van der Waals surface area contributed by atoms with Crippen LogP contribution in [0.1, 0.15) is 31.5 Å². The van der Waals surface area contributed by atoms with Crippen molar-refractivity contribution in [2.45, 2.75) is 13.3 Å². The number of fused-ring (bicyclic) bond motifs is 1. The van der Waals surface area contributed by atoms with Gasteiger partial charge in [0.05, 0.1) is 12.0 Å². The lowest BCUT2D eigenvalue weighted by molar-refractivity contribution is 0.0697. The Labute approximate surface area is 177 Å². The molecule has 0 saturated carbocycles. The van der Waals surface area contributed by atoms with Crippen LogP contribution >= 0.6 is 22.9 Å². The molecule has 0 saturated heterocycles. The number of halogens is 3. The van der Waals surface area contributed by atoms with Crippen LogP contribution in [-0.2, 0) is 6.42 Å². The number of oxazole rings is 1. The van der Waals surface area contributed by atoms with Crippen molar-refractivity contribution in [3.63, 3.8) is 0 Å². The molecule has 0 fully saturated rings. The average molecular weight is 448 g/mol. The lowest BCUT2D eigenvalue weighted by atomic mass is 9.99. The Kier molecular flexibility index (Phi) is 5.13. The smallest absolute Gasteiger partial charge is 0.337 e. The van der Waals surface area contributed by atoms with E-state index in [9.17, 15) is 23.5 Å². The van der Waals surface area contributed by atoms with Gasteiger partial charge in [-0.05, 0) is 36.1 Å². The number of nitrogens with zero attached hydrogens (tertiary/aromatic N) is 1. The van der Waals surface area contributed by atoms with E-state index in [2.05, 4.69) is 4.98 Å². The molecule has 0 radical (unpaired) electrons. The first-order chi connectivity index (χ1) is 14.3. The molecule has 0 bridgehead atoms. The van der Waals surface area contributed by atoms with Gasteiger partial charge < -0.3 is 9.52 Å². The molecule has 4 rings (SSSR count). The predicted molar refractivity (Wildman–Crippen MR) is 108 cm³/mol. The zero-order valence-electron chi connectivity index (χ0n) is 15.3. The van der Waals surface area contributed by atoms with E-state index in [1.807, 2.05) is 0 Å². The van der Waals surface area contributed by atoms with Gasteiger partial charge in [-0.2, -0.15) is 0 Å². The number of carboxylic acids is 1. The summed E-state index contributed by atoms with van der Waals surface area (Å²) in [4.78, 5) is 28.8. The first-order valence-corrected chi connectivity index (χ1v) is 9.90. The van der Waals surface area contributed by atoms with Gasteiger partial charge in [-0.15, -0.1) is 11.3 Å². The number of aryl methyl sites for hydroxylation is 1. The summed E-state index contributed by atoms with van der Waals surface area (Å²) in [5.41, 5.74) is 0.445. The van der Waals surface area contributed by atoms with Crippen molar-refractivity contribution < 1.29 is 27.9 Å². The average Bonchev–Trinajstić information content (AvgIpc) is 3.30. The summed E-state index contributed by atoms with van der Waals surface area (Å²) in [5, 5.41) is 11.5. The highest BCUT2D eigenvalue weighted by molar-refractivity contribution is 7.11. The molecular formula is C21H12ClF2NO4S. The van der Waals surface area contributed by atoms with Crippen molar-refractivity contribution in [2.75, 3.05) is 0 Å². The third-order valence-electron chi connectivity index (χ3n) is 4.56. The molecule has 5 nitrogen and oxygen atoms in total. The van der Waals surface area contributed by atoms with E-state index < -0.39 is 23.4 Å². The molecule has 2 aromatic heterocycles. The van der Waals surface area contributed by atoms with Crippen LogP contribution < -0.4 is 0 Å². The van der Waals surface area contributed by atoms with E-state index in [4.69, 9.17) is 16.0 Å². The molecule has 0 unspecified atom stereocenters. The van der Waals surface area contributed by atoms with E-state index in [0.29, 0.717) is 16.1 Å². The van der Waals surface area contributed by atoms with E-state index in [1.165, 1.54) is 30.5 Å². The van der Waals surface area contributed by atoms with Crippen LogP contribution in [0.5, 0.6) is 0 Å². The second kappa shape index (κ2) is 7.62. The normalized spacial score (nSPS) is 11.2. The number of hydrogen-bond acceptors (Lipinski definition) is 5. The Hall–Kier alpha value is -3.10. The second-order valence-electron chi connectivity index (χ2n) is 6.54. The first-order valence-electron chi connectivity index (χ1n) is 8.64. The van der Waals surface area contributed by atoms with Crippen LogP contribution in [-0.4, -0.2) is 21.8 Å². The van der Waals surface area contributed by atoms with Gasteiger partial charge in [0.2, 0.25) is 5.78 Å². The van der Waals surface area contributed by atoms with Crippen molar-refractivity contribution in [2.24, 2.45) is 0 Å². The number of hydrogen-bond donors (Lipinski definition) is 1. The number of thiophene rings is 1. The first kappa shape index (κ1) is 20.2. The van der Waals surface area contributed by atoms with E-state index in [0.717, 1.165) is 11.3 Å². The Bertz CT molecular complexity index is 1330. The van der Waals surface area contributed by atoms with E-state index in [-0.39, 0.29) is 39.4 Å². The van der Waals surface area contributed by atoms with E-state index >= 15 is 0 Å². The largest absolute Gasteiger partial charge is 0.478 e. The third-order valence-corrected chi connectivity index (χ3v) is 5.78. The number of benzene rings is 2. The molecule has 0 aliphatic carbocycles. The van der Waals surface area contributed by atoms with Gasteiger partial charge in [0.1, 0.15) is 5.52 Å². The molecule has 152 valence electrons. The van der Waals surface area contributed by atoms with Crippen LogP contribution in [0.4, 0.5) is 8.78 Å². The van der Waals surface area contributed by atoms with Crippen LogP contribution in [0, 0.1) is 18.6 Å². The number of rotatable bonds is 5. The molecule has 0 atom stereocenters. The molecular weight excluding hydrogens is 436 g/mol. The van der Waals surface area contributed by atoms with Crippen molar-refractivity contribution in [1.29, 1.82) is 0 Å². The molecule has 4 aromatic rings. The summed E-state index contributed by atoms with van der Waals surface area (Å²) in [6, 6.07) is 7.39. The fraction of sp³-hybridized carbons (Fsp3) is 0.0952. The van der Waals surface area contributed by atoms with Crippen molar-refractivity contribution >= 4 is 45.8 Å². The Balaban J connectivity index is 1.72.